The fraction of sp³-hybridized carbons (Fsp3) is 1.00. The van der Waals surface area contributed by atoms with Gasteiger partial charge in [0.15, 0.2) is 0 Å². The molecule has 0 aromatic carbocycles. The van der Waals surface area contributed by atoms with Crippen LogP contribution < -0.4 is 0 Å². The fourth-order valence-electron chi connectivity index (χ4n) is 3.49. The van der Waals surface area contributed by atoms with Crippen LogP contribution in [0.3, 0.4) is 0 Å². The summed E-state index contributed by atoms with van der Waals surface area (Å²) in [5, 5.41) is 2.30. The zero-order chi connectivity index (χ0) is 24.1. The third-order valence-electron chi connectivity index (χ3n) is 4.48. The van der Waals surface area contributed by atoms with Crippen LogP contribution in [0.15, 0.2) is 0 Å². The van der Waals surface area contributed by atoms with E-state index in [4.69, 9.17) is 9.05 Å². The second-order valence-corrected chi connectivity index (χ2v) is 17.7. The van der Waals surface area contributed by atoms with Crippen molar-refractivity contribution in [3.63, 3.8) is 0 Å². The van der Waals surface area contributed by atoms with Crippen LogP contribution in [0.1, 0.15) is 25.7 Å². The lowest BCUT2D eigenvalue weighted by Gasteiger charge is -2.45. The number of halogens is 8. The molecule has 0 aromatic rings. The summed E-state index contributed by atoms with van der Waals surface area (Å²) in [7, 11) is -9.76. The summed E-state index contributed by atoms with van der Waals surface area (Å²) in [5.41, 5.74) is -2.38. The maximum Gasteiger partial charge on any atom is 0.485 e. The highest BCUT2D eigenvalue weighted by Gasteiger charge is 2.68. The third-order valence-corrected chi connectivity index (χ3v) is 16.5. The van der Waals surface area contributed by atoms with Gasteiger partial charge in [0.2, 0.25) is 0 Å². The molecule has 1 saturated heterocycles. The minimum Gasteiger partial charge on any atom is -0.302 e. The molecule has 1 aliphatic heterocycles. The normalized spacial score (nSPS) is 33.2. The van der Waals surface area contributed by atoms with Crippen LogP contribution in [0, 0.1) is 0 Å². The molecule has 0 aliphatic carbocycles. The van der Waals surface area contributed by atoms with Gasteiger partial charge in [0.1, 0.15) is 11.2 Å². The Balaban J connectivity index is 3.71. The van der Waals surface area contributed by atoms with Gasteiger partial charge in [-0.05, 0) is 25.7 Å². The van der Waals surface area contributed by atoms with Crippen molar-refractivity contribution in [2.75, 3.05) is 21.3 Å². The quantitative estimate of drug-likeness (QED) is 0.135. The Morgan fingerprint density at radius 2 is 1.00 bits per heavy atom. The lowest BCUT2D eigenvalue weighted by atomic mass is 9.71. The first-order chi connectivity index (χ1) is 14.2. The van der Waals surface area contributed by atoms with E-state index in [2.05, 4.69) is 132 Å². The molecule has 1 rings (SSSR count). The average molecular weight is 1000 g/mol. The number of alkyl halides is 8. The Kier molecular flexibility index (Phi) is 15.3. The van der Waals surface area contributed by atoms with Crippen LogP contribution in [0.25, 0.3) is 0 Å². The Morgan fingerprint density at radius 3 is 1.19 bits per heavy atom. The van der Waals surface area contributed by atoms with Gasteiger partial charge in [-0.25, -0.2) is 9.13 Å². The molecule has 4 atom stereocenters. The largest absolute Gasteiger partial charge is 0.485 e. The van der Waals surface area contributed by atoms with Crippen molar-refractivity contribution >= 4 is 143 Å². The number of hydrogen-bond donors (Lipinski definition) is 2. The molecule has 4 unspecified atom stereocenters. The highest BCUT2D eigenvalue weighted by atomic mass is 79.9. The average Bonchev–Trinajstić information content (AvgIpc) is 2.85. The summed E-state index contributed by atoms with van der Waals surface area (Å²) < 4.78 is 41.7. The Bertz CT molecular complexity index is 605. The van der Waals surface area contributed by atoms with Crippen molar-refractivity contribution in [2.24, 2.45) is 0 Å². The van der Waals surface area contributed by atoms with E-state index in [9.17, 15) is 18.9 Å². The van der Waals surface area contributed by atoms with E-state index < -0.39 is 26.8 Å². The smallest absolute Gasteiger partial charge is 0.302 e. The zero-order valence-corrected chi connectivity index (χ0v) is 30.3. The van der Waals surface area contributed by atoms with Crippen molar-refractivity contribution in [3.8, 4) is 0 Å². The molecule has 1 aliphatic rings. The maximum atomic E-state index is 13.5. The summed E-state index contributed by atoms with van der Waals surface area (Å²) in [6.07, 6.45) is 1.41. The summed E-state index contributed by atoms with van der Waals surface area (Å²) >= 11 is 28.3. The van der Waals surface area contributed by atoms with Crippen LogP contribution in [-0.4, -0.2) is 61.6 Å². The van der Waals surface area contributed by atoms with Gasteiger partial charge < -0.3 is 9.79 Å². The molecular weight excluding hydrogens is 981 g/mol. The van der Waals surface area contributed by atoms with Gasteiger partial charge in [-0.15, -0.1) is 0 Å². The van der Waals surface area contributed by atoms with Gasteiger partial charge in [-0.3, -0.25) is 9.05 Å². The molecule has 1 heterocycles. The predicted octanol–water partition coefficient (Wildman–Crippen LogP) is 7.92. The van der Waals surface area contributed by atoms with Crippen molar-refractivity contribution in [2.45, 2.75) is 56.2 Å². The van der Waals surface area contributed by atoms with Crippen molar-refractivity contribution in [1.29, 1.82) is 0 Å². The predicted molar refractivity (Wildman–Crippen MR) is 153 cm³/mol. The second-order valence-electron chi connectivity index (χ2n) is 7.01. The highest BCUT2D eigenvalue weighted by Crippen LogP contribution is 2.74. The molecule has 186 valence electrons. The topological polar surface area (TPSA) is 102 Å². The van der Waals surface area contributed by atoms with E-state index in [1.165, 1.54) is 0 Å². The van der Waals surface area contributed by atoms with Crippen molar-refractivity contribution < 1.29 is 32.3 Å². The first kappa shape index (κ1) is 33.1. The van der Waals surface area contributed by atoms with E-state index in [0.29, 0.717) is 47.0 Å². The number of rotatable bonds is 14. The van der Waals surface area contributed by atoms with Gasteiger partial charge >= 0.3 is 15.6 Å². The molecular formula is C14H22Br8O7P2. The molecule has 0 bridgehead atoms. The third kappa shape index (κ3) is 10.1. The van der Waals surface area contributed by atoms with Gasteiger partial charge in [0, 0.05) is 40.6 Å². The summed E-state index contributed by atoms with van der Waals surface area (Å²) in [6, 6.07) is 0. The second kappa shape index (κ2) is 14.3. The minimum atomic E-state index is -5.15. The van der Waals surface area contributed by atoms with Gasteiger partial charge in [0.25, 0.3) is 0 Å². The van der Waals surface area contributed by atoms with Gasteiger partial charge in [-0.2, -0.15) is 4.31 Å². The van der Waals surface area contributed by atoms with E-state index >= 15 is 0 Å². The van der Waals surface area contributed by atoms with Crippen LogP contribution in [0.5, 0.6) is 0 Å². The number of phosphoric acid groups is 2. The number of phosphoric ester groups is 1. The monoisotopic (exact) mass is 995 g/mol. The first-order valence-electron chi connectivity index (χ1n) is 8.78. The van der Waals surface area contributed by atoms with Crippen molar-refractivity contribution in [3.05, 3.63) is 0 Å². The van der Waals surface area contributed by atoms with E-state index in [-0.39, 0.29) is 19.3 Å². The molecule has 7 nitrogen and oxygen atoms in total. The summed E-state index contributed by atoms with van der Waals surface area (Å²) in [4.78, 5) is 18.4. The lowest BCUT2D eigenvalue weighted by Crippen LogP contribution is -2.57. The fourth-order valence-corrected chi connectivity index (χ4v) is 9.33. The first-order valence-corrected chi connectivity index (χ1v) is 19.9. The lowest BCUT2D eigenvalue weighted by molar-refractivity contribution is -0.0681. The van der Waals surface area contributed by atoms with Gasteiger partial charge in [0.05, 0.1) is 0 Å². The Morgan fingerprint density at radius 1 is 0.742 bits per heavy atom. The molecule has 0 spiro atoms. The number of hydrogen-bond acceptors (Lipinski definition) is 5. The molecule has 2 N–H and O–H groups in total. The van der Waals surface area contributed by atoms with E-state index in [0.717, 1.165) is 0 Å². The van der Waals surface area contributed by atoms with Crippen molar-refractivity contribution in [1.82, 2.24) is 0 Å². The van der Waals surface area contributed by atoms with Gasteiger partial charge in [-0.1, -0.05) is 127 Å². The Labute approximate surface area is 249 Å². The van der Waals surface area contributed by atoms with Crippen LogP contribution in [0.2, 0.25) is 0 Å². The summed E-state index contributed by atoms with van der Waals surface area (Å²) in [5.74, 6) is 0. The Hall–Kier alpha value is 4.10. The van der Waals surface area contributed by atoms with E-state index in [1.54, 1.807) is 0 Å². The molecule has 0 aromatic heterocycles. The molecule has 31 heavy (non-hydrogen) atoms. The van der Waals surface area contributed by atoms with Crippen LogP contribution in [-0.2, 0) is 22.5 Å². The standard InChI is InChI=1S/C14H22Br8O7P2/c15-5-9(19)1-13(2-10(20)6-16)14(3-11(21)7-17,4-12(22)8-18)28-31(26,27-13)29-30(23,24)25/h9-12H,1-8H2,(H2,23,24,25). The maximum absolute atomic E-state index is 13.5. The molecule has 17 heteroatoms. The SMILES string of the molecule is O=P(O)(O)OP1(=O)OC(CC(Br)CBr)(CC(Br)CBr)C(CC(Br)CBr)(CC(Br)CBr)O1. The summed E-state index contributed by atoms with van der Waals surface area (Å²) in [6.45, 7) is 0. The van der Waals surface area contributed by atoms with Crippen LogP contribution in [0.4, 0.5) is 0 Å². The highest BCUT2D eigenvalue weighted by molar-refractivity contribution is 9.13. The molecule has 0 amide bonds. The molecule has 0 radical (unpaired) electrons. The zero-order valence-electron chi connectivity index (χ0n) is 15.8. The van der Waals surface area contributed by atoms with E-state index in [1.807, 2.05) is 0 Å². The molecule has 0 saturated carbocycles. The minimum absolute atomic E-state index is 0.0948. The molecule has 1 fully saturated rings. The van der Waals surface area contributed by atoms with Crippen LogP contribution >= 0.6 is 143 Å².